The summed E-state index contributed by atoms with van der Waals surface area (Å²) in [6, 6.07) is 13.9. The monoisotopic (exact) mass is 307 g/mol. The van der Waals surface area contributed by atoms with Crippen LogP contribution in [0.25, 0.3) is 22.2 Å². The summed E-state index contributed by atoms with van der Waals surface area (Å²) in [7, 11) is 0. The fraction of sp³-hybridized carbons (Fsp3) is 0.263. The number of imidazole rings is 1. The quantitative estimate of drug-likeness (QED) is 0.780. The Kier molecular flexibility index (Phi) is 4.15. The van der Waals surface area contributed by atoms with Crippen LogP contribution < -0.4 is 5.73 Å². The normalized spacial score (nSPS) is 12.7. The first-order valence-electron chi connectivity index (χ1n) is 7.88. The topological polar surface area (TPSA) is 60.9 Å². The maximum absolute atomic E-state index is 12.0. The van der Waals surface area contributed by atoms with Crippen LogP contribution in [-0.2, 0) is 4.79 Å². The Hall–Kier alpha value is -2.62. The molecule has 4 nitrogen and oxygen atoms in total. The summed E-state index contributed by atoms with van der Waals surface area (Å²) in [6.45, 7) is 4.18. The third-order valence-electron chi connectivity index (χ3n) is 4.06. The molecular formula is C19H21N3O. The summed E-state index contributed by atoms with van der Waals surface area (Å²) >= 11 is 0. The molecule has 1 heterocycles. The first kappa shape index (κ1) is 15.3. The molecule has 23 heavy (non-hydrogen) atoms. The van der Waals surface area contributed by atoms with Gasteiger partial charge in [-0.15, -0.1) is 0 Å². The van der Waals surface area contributed by atoms with Gasteiger partial charge in [0.2, 0.25) is 5.91 Å². The van der Waals surface area contributed by atoms with Gasteiger partial charge >= 0.3 is 0 Å². The average molecular weight is 307 g/mol. The van der Waals surface area contributed by atoms with Crippen molar-refractivity contribution in [3.63, 3.8) is 0 Å². The van der Waals surface area contributed by atoms with Crippen molar-refractivity contribution in [1.29, 1.82) is 0 Å². The molecular weight excluding hydrogens is 286 g/mol. The van der Waals surface area contributed by atoms with Crippen molar-refractivity contribution < 1.29 is 4.79 Å². The van der Waals surface area contributed by atoms with Gasteiger partial charge in [0, 0.05) is 18.0 Å². The van der Waals surface area contributed by atoms with Gasteiger partial charge in [-0.25, -0.2) is 4.98 Å². The maximum Gasteiger partial charge on any atom is 0.240 e. The van der Waals surface area contributed by atoms with Crippen LogP contribution in [0.1, 0.15) is 26.3 Å². The third kappa shape index (κ3) is 2.97. The molecule has 0 aliphatic heterocycles. The molecule has 0 spiro atoms. The van der Waals surface area contributed by atoms with Crippen LogP contribution in [0.15, 0.2) is 54.9 Å². The summed E-state index contributed by atoms with van der Waals surface area (Å²) < 4.78 is 1.91. The van der Waals surface area contributed by atoms with E-state index in [1.165, 1.54) is 0 Å². The lowest BCUT2D eigenvalue weighted by molar-refractivity contribution is -0.121. The third-order valence-corrected chi connectivity index (χ3v) is 4.06. The number of aromatic nitrogens is 2. The number of primary amides is 1. The highest BCUT2D eigenvalue weighted by Gasteiger charge is 2.22. The molecule has 1 atom stereocenters. The standard InChI is InChI=1S/C19H21N3O/c1-13(2)12-17(18(20)23)22-11-10-21-19(22)16-9-5-7-14-6-3-4-8-15(14)16/h3-11,13,17H,12H2,1-2H3,(H2,20,23)/t17-/m0/s1. The minimum atomic E-state index is -0.383. The number of nitrogens with two attached hydrogens (primary N) is 1. The fourth-order valence-electron chi connectivity index (χ4n) is 3.01. The highest BCUT2D eigenvalue weighted by molar-refractivity contribution is 5.95. The van der Waals surface area contributed by atoms with E-state index in [0.717, 1.165) is 22.2 Å². The molecule has 0 saturated heterocycles. The Morgan fingerprint density at radius 3 is 2.65 bits per heavy atom. The van der Waals surface area contributed by atoms with Gasteiger partial charge in [0.25, 0.3) is 0 Å². The van der Waals surface area contributed by atoms with E-state index < -0.39 is 0 Å². The van der Waals surface area contributed by atoms with Gasteiger partial charge in [0.05, 0.1) is 0 Å². The van der Waals surface area contributed by atoms with Gasteiger partial charge in [0.15, 0.2) is 0 Å². The van der Waals surface area contributed by atoms with Gasteiger partial charge in [-0.05, 0) is 23.1 Å². The molecule has 118 valence electrons. The highest BCUT2D eigenvalue weighted by Crippen LogP contribution is 2.30. The van der Waals surface area contributed by atoms with E-state index in [4.69, 9.17) is 5.73 Å². The summed E-state index contributed by atoms with van der Waals surface area (Å²) in [5.74, 6) is 0.833. The Morgan fingerprint density at radius 1 is 1.17 bits per heavy atom. The largest absolute Gasteiger partial charge is 0.368 e. The minimum absolute atomic E-state index is 0.321. The van der Waals surface area contributed by atoms with Crippen molar-refractivity contribution in [2.45, 2.75) is 26.3 Å². The number of rotatable bonds is 5. The van der Waals surface area contributed by atoms with Gasteiger partial charge < -0.3 is 10.3 Å². The Labute approximate surface area is 136 Å². The number of fused-ring (bicyclic) bond motifs is 1. The predicted octanol–water partition coefficient (Wildman–Crippen LogP) is 3.78. The Balaban J connectivity index is 2.14. The lowest BCUT2D eigenvalue weighted by Gasteiger charge is -2.20. The fourth-order valence-corrected chi connectivity index (χ4v) is 3.01. The molecule has 2 N–H and O–H groups in total. The van der Waals surface area contributed by atoms with Crippen LogP contribution >= 0.6 is 0 Å². The zero-order chi connectivity index (χ0) is 16.4. The number of carbonyl (C=O) groups excluding carboxylic acids is 1. The molecule has 0 saturated carbocycles. The zero-order valence-electron chi connectivity index (χ0n) is 13.4. The van der Waals surface area contributed by atoms with Crippen LogP contribution in [-0.4, -0.2) is 15.5 Å². The first-order chi connectivity index (χ1) is 11.1. The number of hydrogen-bond donors (Lipinski definition) is 1. The summed E-state index contributed by atoms with van der Waals surface area (Å²) in [5, 5.41) is 2.27. The van der Waals surface area contributed by atoms with Crippen molar-refractivity contribution in [3.05, 3.63) is 54.9 Å². The number of hydrogen-bond acceptors (Lipinski definition) is 2. The van der Waals surface area contributed by atoms with Gasteiger partial charge in [-0.2, -0.15) is 0 Å². The van der Waals surface area contributed by atoms with Crippen LogP contribution in [0.5, 0.6) is 0 Å². The number of nitrogens with zero attached hydrogens (tertiary/aromatic N) is 2. The van der Waals surface area contributed by atoms with Gasteiger partial charge in [0.1, 0.15) is 11.9 Å². The van der Waals surface area contributed by atoms with Crippen molar-refractivity contribution in [3.8, 4) is 11.4 Å². The molecule has 0 bridgehead atoms. The van der Waals surface area contributed by atoms with E-state index >= 15 is 0 Å². The molecule has 0 radical (unpaired) electrons. The van der Waals surface area contributed by atoms with Crippen LogP contribution in [0.4, 0.5) is 0 Å². The number of carbonyl (C=O) groups is 1. The van der Waals surface area contributed by atoms with E-state index in [0.29, 0.717) is 12.3 Å². The molecule has 0 fully saturated rings. The SMILES string of the molecule is CC(C)C[C@@H](C(N)=O)n1ccnc1-c1cccc2ccccc12. The Bertz CT molecular complexity index is 830. The number of amides is 1. The van der Waals surface area contributed by atoms with Crippen LogP contribution in [0, 0.1) is 5.92 Å². The molecule has 3 rings (SSSR count). The van der Waals surface area contributed by atoms with E-state index in [2.05, 4.69) is 37.0 Å². The molecule has 0 unspecified atom stereocenters. The van der Waals surface area contributed by atoms with E-state index in [1.807, 2.05) is 35.0 Å². The van der Waals surface area contributed by atoms with Gasteiger partial charge in [-0.3, -0.25) is 4.79 Å². The second-order valence-corrected chi connectivity index (χ2v) is 6.23. The maximum atomic E-state index is 12.0. The minimum Gasteiger partial charge on any atom is -0.368 e. The van der Waals surface area contributed by atoms with Crippen LogP contribution in [0.3, 0.4) is 0 Å². The van der Waals surface area contributed by atoms with Crippen LogP contribution in [0.2, 0.25) is 0 Å². The lowest BCUT2D eigenvalue weighted by Crippen LogP contribution is -2.28. The lowest BCUT2D eigenvalue weighted by atomic mass is 10.0. The van der Waals surface area contributed by atoms with Crippen molar-refractivity contribution in [1.82, 2.24) is 9.55 Å². The second kappa shape index (κ2) is 6.24. The molecule has 1 amide bonds. The molecule has 1 aromatic heterocycles. The molecule has 0 aliphatic rings. The Morgan fingerprint density at radius 2 is 1.91 bits per heavy atom. The van der Waals surface area contributed by atoms with Crippen molar-refractivity contribution in [2.75, 3.05) is 0 Å². The van der Waals surface area contributed by atoms with Gasteiger partial charge in [-0.1, -0.05) is 56.3 Å². The number of benzene rings is 2. The highest BCUT2D eigenvalue weighted by atomic mass is 16.1. The molecule has 3 aromatic rings. The molecule has 2 aromatic carbocycles. The predicted molar refractivity (Wildman–Crippen MR) is 92.9 cm³/mol. The summed E-state index contributed by atoms with van der Waals surface area (Å²) in [6.07, 6.45) is 4.27. The smallest absolute Gasteiger partial charge is 0.240 e. The van der Waals surface area contributed by atoms with E-state index in [-0.39, 0.29) is 11.9 Å². The average Bonchev–Trinajstić information content (AvgIpc) is 3.00. The zero-order valence-corrected chi connectivity index (χ0v) is 13.4. The summed E-state index contributed by atoms with van der Waals surface area (Å²) in [5.41, 5.74) is 6.67. The summed E-state index contributed by atoms with van der Waals surface area (Å²) in [4.78, 5) is 16.5. The van der Waals surface area contributed by atoms with E-state index in [1.54, 1.807) is 6.20 Å². The van der Waals surface area contributed by atoms with Crippen molar-refractivity contribution in [2.24, 2.45) is 11.7 Å². The molecule has 0 aliphatic carbocycles. The second-order valence-electron chi connectivity index (χ2n) is 6.23. The van der Waals surface area contributed by atoms with E-state index in [9.17, 15) is 4.79 Å². The first-order valence-corrected chi connectivity index (χ1v) is 7.88. The molecule has 4 heteroatoms. The van der Waals surface area contributed by atoms with Crippen molar-refractivity contribution >= 4 is 16.7 Å².